The first-order chi connectivity index (χ1) is 7.35. The topological polar surface area (TPSA) is 57.8 Å². The Morgan fingerprint density at radius 2 is 2.19 bits per heavy atom. The number of imidazole rings is 1. The van der Waals surface area contributed by atoms with Crippen molar-refractivity contribution in [3.63, 3.8) is 0 Å². The number of alkyl halides is 4. The number of aromatic amines is 1. The van der Waals surface area contributed by atoms with Crippen molar-refractivity contribution in [3.8, 4) is 0 Å². The van der Waals surface area contributed by atoms with Crippen LogP contribution in [-0.2, 0) is 4.79 Å². The van der Waals surface area contributed by atoms with Gasteiger partial charge in [0.1, 0.15) is 5.82 Å². The number of rotatable bonds is 4. The largest absolute Gasteiger partial charge is 0.383 e. The van der Waals surface area contributed by atoms with E-state index in [4.69, 9.17) is 0 Å². The Balaban J connectivity index is 2.65. The van der Waals surface area contributed by atoms with Gasteiger partial charge in [0.05, 0.1) is 6.04 Å². The molecule has 1 aromatic heterocycles. The maximum atomic E-state index is 12.5. The van der Waals surface area contributed by atoms with Gasteiger partial charge < -0.3 is 10.3 Å². The van der Waals surface area contributed by atoms with Crippen molar-refractivity contribution in [2.45, 2.75) is 25.3 Å². The third kappa shape index (κ3) is 2.50. The van der Waals surface area contributed by atoms with Crippen molar-refractivity contribution in [2.75, 3.05) is 0 Å². The highest BCUT2D eigenvalue weighted by atomic mass is 19.3. The molecule has 1 heterocycles. The molecule has 0 spiro atoms. The molecule has 0 fully saturated rings. The van der Waals surface area contributed by atoms with E-state index in [0.29, 0.717) is 0 Å². The molecule has 0 radical (unpaired) electrons. The first kappa shape index (κ1) is 12.5. The molecule has 16 heavy (non-hydrogen) atoms. The van der Waals surface area contributed by atoms with E-state index in [1.807, 2.05) is 0 Å². The minimum absolute atomic E-state index is 0.207. The van der Waals surface area contributed by atoms with Crippen LogP contribution in [0.3, 0.4) is 0 Å². The second kappa shape index (κ2) is 4.50. The third-order valence-electron chi connectivity index (χ3n) is 1.85. The Labute approximate surface area is 88.1 Å². The van der Waals surface area contributed by atoms with Crippen LogP contribution in [0.1, 0.15) is 18.8 Å². The van der Waals surface area contributed by atoms with Gasteiger partial charge in [0, 0.05) is 12.4 Å². The van der Waals surface area contributed by atoms with E-state index in [2.05, 4.69) is 9.97 Å². The summed E-state index contributed by atoms with van der Waals surface area (Å²) in [5, 5.41) is 1.74. The number of H-pyrrole nitrogens is 1. The number of nitrogens with one attached hydrogen (secondary N) is 2. The second-order valence-electron chi connectivity index (χ2n) is 3.09. The van der Waals surface area contributed by atoms with Gasteiger partial charge in [-0.15, -0.1) is 0 Å². The Kier molecular flexibility index (Phi) is 3.51. The number of halogens is 4. The van der Waals surface area contributed by atoms with Crippen molar-refractivity contribution < 1.29 is 22.4 Å². The number of hydrogen-bond donors (Lipinski definition) is 2. The number of hydrogen-bond acceptors (Lipinski definition) is 2. The zero-order valence-corrected chi connectivity index (χ0v) is 8.18. The zero-order valence-electron chi connectivity index (χ0n) is 8.18. The van der Waals surface area contributed by atoms with Crippen LogP contribution in [0.25, 0.3) is 0 Å². The lowest BCUT2D eigenvalue weighted by molar-refractivity contribution is -0.170. The van der Waals surface area contributed by atoms with E-state index < -0.39 is 24.3 Å². The summed E-state index contributed by atoms with van der Waals surface area (Å²) < 4.78 is 48.7. The van der Waals surface area contributed by atoms with Gasteiger partial charge in [0.25, 0.3) is 5.91 Å². The smallest absolute Gasteiger partial charge is 0.347 e. The lowest BCUT2D eigenvalue weighted by Crippen LogP contribution is -2.46. The van der Waals surface area contributed by atoms with Crippen molar-refractivity contribution in [1.82, 2.24) is 15.3 Å². The third-order valence-corrected chi connectivity index (χ3v) is 1.85. The van der Waals surface area contributed by atoms with Gasteiger partial charge in [0.15, 0.2) is 0 Å². The van der Waals surface area contributed by atoms with Crippen LogP contribution in [0.15, 0.2) is 12.4 Å². The Morgan fingerprint density at radius 1 is 1.56 bits per heavy atom. The van der Waals surface area contributed by atoms with Gasteiger partial charge in [0.2, 0.25) is 0 Å². The fourth-order valence-electron chi connectivity index (χ4n) is 0.975. The van der Waals surface area contributed by atoms with E-state index in [9.17, 15) is 22.4 Å². The summed E-state index contributed by atoms with van der Waals surface area (Å²) in [6, 6.07) is -0.896. The highest BCUT2D eigenvalue weighted by molar-refractivity contribution is 5.84. The highest BCUT2D eigenvalue weighted by Crippen LogP contribution is 2.23. The first-order valence-corrected chi connectivity index (χ1v) is 4.32. The maximum Gasteiger partial charge on any atom is 0.383 e. The van der Waals surface area contributed by atoms with E-state index in [1.165, 1.54) is 19.3 Å². The Bertz CT molecular complexity index is 352. The summed E-state index contributed by atoms with van der Waals surface area (Å²) in [6.45, 7) is 1.35. The molecule has 1 rings (SSSR count). The number of nitrogens with zero attached hydrogens (tertiary/aromatic N) is 1. The van der Waals surface area contributed by atoms with Crippen LogP contribution < -0.4 is 5.32 Å². The second-order valence-corrected chi connectivity index (χ2v) is 3.09. The fourth-order valence-corrected chi connectivity index (χ4v) is 0.975. The van der Waals surface area contributed by atoms with Crippen molar-refractivity contribution in [2.24, 2.45) is 0 Å². The van der Waals surface area contributed by atoms with Gasteiger partial charge >= 0.3 is 12.3 Å². The molecule has 90 valence electrons. The molecule has 1 atom stereocenters. The highest BCUT2D eigenvalue weighted by Gasteiger charge is 2.49. The molecule has 1 unspecified atom stereocenters. The molecule has 0 aliphatic heterocycles. The first-order valence-electron chi connectivity index (χ1n) is 4.32. The molecule has 8 heteroatoms. The Hall–Kier alpha value is -1.60. The average molecular weight is 239 g/mol. The van der Waals surface area contributed by atoms with Gasteiger partial charge in [-0.3, -0.25) is 4.79 Å². The molecule has 0 saturated heterocycles. The molecule has 0 aliphatic rings. The van der Waals surface area contributed by atoms with Crippen LogP contribution in [-0.4, -0.2) is 28.2 Å². The summed E-state index contributed by atoms with van der Waals surface area (Å²) in [5.41, 5.74) is 0. The number of carbonyl (C=O) groups excluding carboxylic acids is 1. The fraction of sp³-hybridized carbons (Fsp3) is 0.500. The molecule has 0 saturated carbocycles. The van der Waals surface area contributed by atoms with Crippen LogP contribution in [0.5, 0.6) is 0 Å². The van der Waals surface area contributed by atoms with Gasteiger partial charge in [-0.1, -0.05) is 0 Å². The molecule has 1 amide bonds. The van der Waals surface area contributed by atoms with Gasteiger partial charge in [-0.05, 0) is 6.92 Å². The summed E-state index contributed by atoms with van der Waals surface area (Å²) >= 11 is 0. The minimum atomic E-state index is -4.69. The van der Waals surface area contributed by atoms with Crippen LogP contribution in [0, 0.1) is 0 Å². The normalized spacial score (nSPS) is 13.9. The van der Waals surface area contributed by atoms with Crippen molar-refractivity contribution in [1.29, 1.82) is 0 Å². The predicted octanol–water partition coefficient (Wildman–Crippen LogP) is 1.49. The molecule has 1 aromatic rings. The minimum Gasteiger partial charge on any atom is -0.347 e. The van der Waals surface area contributed by atoms with Crippen LogP contribution in [0.2, 0.25) is 0 Å². The summed E-state index contributed by atoms with van der Waals surface area (Å²) in [7, 11) is 0. The summed E-state index contributed by atoms with van der Waals surface area (Å²) in [4.78, 5) is 17.1. The Morgan fingerprint density at radius 3 is 2.62 bits per heavy atom. The van der Waals surface area contributed by atoms with E-state index in [-0.39, 0.29) is 5.82 Å². The van der Waals surface area contributed by atoms with E-state index >= 15 is 0 Å². The monoisotopic (exact) mass is 239 g/mol. The number of aromatic nitrogens is 2. The summed E-state index contributed by atoms with van der Waals surface area (Å²) in [6.07, 6.45) is -1.26. The molecule has 4 nitrogen and oxygen atoms in total. The quantitative estimate of drug-likeness (QED) is 0.782. The zero-order chi connectivity index (χ0) is 12.3. The average Bonchev–Trinajstić information content (AvgIpc) is 2.69. The lowest BCUT2D eigenvalue weighted by Gasteiger charge is -2.17. The number of amides is 1. The molecule has 0 bridgehead atoms. The molecule has 0 aliphatic carbocycles. The van der Waals surface area contributed by atoms with Crippen LogP contribution in [0.4, 0.5) is 17.6 Å². The van der Waals surface area contributed by atoms with Gasteiger partial charge in [-0.25, -0.2) is 13.8 Å². The summed E-state index contributed by atoms with van der Waals surface area (Å²) in [5.74, 6) is -6.51. The standard InChI is InChI=1S/C8H9F4N3O/c1-4(5-13-2-3-14-5)15-7(16)8(11,12)6(9)10/h2-4,6H,1H3,(H,13,14)(H,15,16). The van der Waals surface area contributed by atoms with Crippen molar-refractivity contribution in [3.05, 3.63) is 18.2 Å². The number of carbonyl (C=O) groups is 1. The van der Waals surface area contributed by atoms with Crippen LogP contribution >= 0.6 is 0 Å². The van der Waals surface area contributed by atoms with Crippen molar-refractivity contribution >= 4 is 5.91 Å². The SMILES string of the molecule is CC(NC(=O)C(F)(F)C(F)F)c1ncc[nH]1. The molecular weight excluding hydrogens is 230 g/mol. The predicted molar refractivity (Wildman–Crippen MR) is 46.1 cm³/mol. The van der Waals surface area contributed by atoms with E-state index in [0.717, 1.165) is 0 Å². The molecule has 0 aromatic carbocycles. The lowest BCUT2D eigenvalue weighted by atomic mass is 10.2. The molecular formula is C8H9F4N3O. The maximum absolute atomic E-state index is 12.5. The van der Waals surface area contributed by atoms with Gasteiger partial charge in [-0.2, -0.15) is 8.78 Å². The van der Waals surface area contributed by atoms with E-state index in [1.54, 1.807) is 5.32 Å². The molecule has 2 N–H and O–H groups in total.